The Hall–Kier alpha value is -1.06. The van der Waals surface area contributed by atoms with Crippen LogP contribution in [0, 0.1) is 5.92 Å². The Morgan fingerprint density at radius 1 is 1.70 bits per heavy atom. The number of hydrogen-bond donors (Lipinski definition) is 1. The van der Waals surface area contributed by atoms with Crippen LogP contribution in [-0.2, 0) is 14.3 Å². The van der Waals surface area contributed by atoms with Crippen LogP contribution in [0.4, 0.5) is 0 Å². The van der Waals surface area contributed by atoms with Gasteiger partial charge in [-0.25, -0.2) is 4.79 Å². The first kappa shape index (κ1) is 7.05. The zero-order valence-electron chi connectivity index (χ0n) is 5.88. The van der Waals surface area contributed by atoms with Crippen molar-refractivity contribution in [2.45, 2.75) is 13.0 Å². The van der Waals surface area contributed by atoms with Crippen LogP contribution < -0.4 is 5.32 Å². The molecular formula is C6H9NO3. The number of hydrogen-bond acceptors (Lipinski definition) is 3. The zero-order valence-corrected chi connectivity index (χ0v) is 5.88. The van der Waals surface area contributed by atoms with E-state index in [1.807, 2.05) is 0 Å². The van der Waals surface area contributed by atoms with E-state index in [0.29, 0.717) is 0 Å². The molecule has 56 valence electrons. The van der Waals surface area contributed by atoms with Crippen LogP contribution in [-0.4, -0.2) is 25.0 Å². The van der Waals surface area contributed by atoms with E-state index < -0.39 is 6.04 Å². The summed E-state index contributed by atoms with van der Waals surface area (Å²) in [6, 6.07) is -0.419. The number of carbonyl (C=O) groups is 2. The van der Waals surface area contributed by atoms with Gasteiger partial charge in [-0.05, 0) is 0 Å². The minimum Gasteiger partial charge on any atom is -0.467 e. The third-order valence-electron chi connectivity index (χ3n) is 1.67. The Bertz CT molecular complexity index is 178. The van der Waals surface area contributed by atoms with Crippen molar-refractivity contribution >= 4 is 11.9 Å². The highest BCUT2D eigenvalue weighted by molar-refractivity contribution is 5.96. The highest BCUT2D eigenvalue weighted by Gasteiger charge is 2.41. The summed E-state index contributed by atoms with van der Waals surface area (Å²) in [5.74, 6) is -0.685. The van der Waals surface area contributed by atoms with Crippen molar-refractivity contribution in [1.82, 2.24) is 5.32 Å². The largest absolute Gasteiger partial charge is 0.467 e. The third-order valence-corrected chi connectivity index (χ3v) is 1.67. The number of β-lactam (4-membered cyclic amide) rings is 1. The number of ether oxygens (including phenoxy) is 1. The van der Waals surface area contributed by atoms with Gasteiger partial charge >= 0.3 is 5.97 Å². The van der Waals surface area contributed by atoms with E-state index in [1.165, 1.54) is 7.11 Å². The third kappa shape index (κ3) is 0.853. The molecule has 1 heterocycles. The Kier molecular flexibility index (Phi) is 1.61. The Labute approximate surface area is 58.5 Å². The highest BCUT2D eigenvalue weighted by Crippen LogP contribution is 2.14. The molecule has 0 radical (unpaired) electrons. The average Bonchev–Trinajstić information content (AvgIpc) is 1.98. The predicted molar refractivity (Wildman–Crippen MR) is 33.1 cm³/mol. The summed E-state index contributed by atoms with van der Waals surface area (Å²) in [4.78, 5) is 21.3. The molecule has 1 rings (SSSR count). The van der Waals surface area contributed by atoms with Crippen molar-refractivity contribution in [3.05, 3.63) is 0 Å². The van der Waals surface area contributed by atoms with Crippen LogP contribution in [0.25, 0.3) is 0 Å². The maximum atomic E-state index is 10.7. The van der Waals surface area contributed by atoms with Gasteiger partial charge in [-0.3, -0.25) is 4.79 Å². The van der Waals surface area contributed by atoms with E-state index >= 15 is 0 Å². The molecule has 0 aromatic rings. The second kappa shape index (κ2) is 2.28. The second-order valence-corrected chi connectivity index (χ2v) is 2.30. The van der Waals surface area contributed by atoms with Gasteiger partial charge in [-0.15, -0.1) is 0 Å². The molecule has 1 fully saturated rings. The fourth-order valence-corrected chi connectivity index (χ4v) is 0.855. The highest BCUT2D eigenvalue weighted by atomic mass is 16.5. The molecule has 1 aliphatic rings. The van der Waals surface area contributed by atoms with E-state index in [0.717, 1.165) is 0 Å². The molecule has 0 bridgehead atoms. The van der Waals surface area contributed by atoms with Crippen LogP contribution in [0.2, 0.25) is 0 Å². The molecule has 1 N–H and O–H groups in total. The van der Waals surface area contributed by atoms with Crippen LogP contribution in [0.15, 0.2) is 0 Å². The van der Waals surface area contributed by atoms with Gasteiger partial charge in [0.05, 0.1) is 13.0 Å². The molecule has 2 atom stereocenters. The van der Waals surface area contributed by atoms with Gasteiger partial charge in [0.1, 0.15) is 6.04 Å². The topological polar surface area (TPSA) is 55.4 Å². The fourth-order valence-electron chi connectivity index (χ4n) is 0.855. The summed E-state index contributed by atoms with van der Waals surface area (Å²) < 4.78 is 4.42. The lowest BCUT2D eigenvalue weighted by atomic mass is 9.93. The molecule has 4 nitrogen and oxygen atoms in total. The molecule has 1 saturated heterocycles. The lowest BCUT2D eigenvalue weighted by Crippen LogP contribution is -2.60. The molecule has 0 aromatic heterocycles. The number of methoxy groups -OCH3 is 1. The zero-order chi connectivity index (χ0) is 7.72. The van der Waals surface area contributed by atoms with Gasteiger partial charge < -0.3 is 10.1 Å². The first-order chi connectivity index (χ1) is 4.66. The van der Waals surface area contributed by atoms with Gasteiger partial charge in [0.15, 0.2) is 0 Å². The van der Waals surface area contributed by atoms with Gasteiger partial charge in [0.25, 0.3) is 0 Å². The first-order valence-corrected chi connectivity index (χ1v) is 3.05. The molecule has 0 aromatic carbocycles. The van der Waals surface area contributed by atoms with Crippen molar-refractivity contribution in [3.63, 3.8) is 0 Å². The van der Waals surface area contributed by atoms with Crippen LogP contribution in [0.1, 0.15) is 6.92 Å². The van der Waals surface area contributed by atoms with Crippen LogP contribution >= 0.6 is 0 Å². The van der Waals surface area contributed by atoms with Crippen molar-refractivity contribution in [1.29, 1.82) is 0 Å². The summed E-state index contributed by atoms with van der Waals surface area (Å²) in [6.45, 7) is 1.69. The van der Waals surface area contributed by atoms with Crippen molar-refractivity contribution in [3.8, 4) is 0 Å². The number of amides is 1. The van der Waals surface area contributed by atoms with Crippen molar-refractivity contribution < 1.29 is 14.3 Å². The van der Waals surface area contributed by atoms with E-state index in [9.17, 15) is 9.59 Å². The summed E-state index contributed by atoms with van der Waals surface area (Å²) in [5.41, 5.74) is 0. The van der Waals surface area contributed by atoms with E-state index in [4.69, 9.17) is 0 Å². The van der Waals surface area contributed by atoms with E-state index in [2.05, 4.69) is 10.1 Å². The minimum atomic E-state index is -0.419. The normalized spacial score (nSPS) is 30.4. The Balaban J connectivity index is 2.47. The Morgan fingerprint density at radius 2 is 2.30 bits per heavy atom. The minimum absolute atomic E-state index is 0.0876. The molecule has 0 saturated carbocycles. The van der Waals surface area contributed by atoms with Gasteiger partial charge in [-0.1, -0.05) is 6.92 Å². The second-order valence-electron chi connectivity index (χ2n) is 2.30. The number of nitrogens with one attached hydrogen (secondary N) is 1. The summed E-state index contributed by atoms with van der Waals surface area (Å²) in [7, 11) is 1.31. The SMILES string of the molecule is COC(=O)[C@H]1NC(=O)[C@H]1C. The van der Waals surface area contributed by atoms with E-state index in [-0.39, 0.29) is 17.8 Å². The van der Waals surface area contributed by atoms with Gasteiger partial charge in [0, 0.05) is 0 Å². The van der Waals surface area contributed by atoms with Crippen LogP contribution in [0.3, 0.4) is 0 Å². The van der Waals surface area contributed by atoms with E-state index in [1.54, 1.807) is 6.92 Å². The molecule has 0 aliphatic carbocycles. The molecule has 1 amide bonds. The van der Waals surface area contributed by atoms with Gasteiger partial charge in [0.2, 0.25) is 5.91 Å². The molecule has 10 heavy (non-hydrogen) atoms. The molecule has 4 heteroatoms. The monoisotopic (exact) mass is 143 g/mol. The molecule has 0 spiro atoms. The number of esters is 1. The first-order valence-electron chi connectivity index (χ1n) is 3.05. The summed E-state index contributed by atoms with van der Waals surface area (Å²) in [6.07, 6.45) is 0. The summed E-state index contributed by atoms with van der Waals surface area (Å²) >= 11 is 0. The maximum Gasteiger partial charge on any atom is 0.329 e. The predicted octanol–water partition coefficient (Wildman–Crippen LogP) is -0.706. The molecular weight excluding hydrogens is 134 g/mol. The lowest BCUT2D eigenvalue weighted by Gasteiger charge is -2.31. The standard InChI is InChI=1S/C6H9NO3/c1-3-4(6(9)10-2)7-5(3)8/h3-4H,1-2H3,(H,7,8)/t3-,4-/m0/s1. The van der Waals surface area contributed by atoms with Crippen molar-refractivity contribution in [2.24, 2.45) is 5.92 Å². The number of rotatable bonds is 1. The molecule has 0 unspecified atom stereocenters. The van der Waals surface area contributed by atoms with Crippen molar-refractivity contribution in [2.75, 3.05) is 7.11 Å². The quantitative estimate of drug-likeness (QED) is 0.390. The molecule has 1 aliphatic heterocycles. The fraction of sp³-hybridized carbons (Fsp3) is 0.667. The van der Waals surface area contributed by atoms with Crippen LogP contribution in [0.5, 0.6) is 0 Å². The Morgan fingerprint density at radius 3 is 2.60 bits per heavy atom. The number of carbonyl (C=O) groups excluding carboxylic acids is 2. The maximum absolute atomic E-state index is 10.7. The lowest BCUT2D eigenvalue weighted by molar-refractivity contribution is -0.154. The van der Waals surface area contributed by atoms with Gasteiger partial charge in [-0.2, -0.15) is 0 Å². The average molecular weight is 143 g/mol. The summed E-state index contributed by atoms with van der Waals surface area (Å²) in [5, 5.41) is 2.43. The smallest absolute Gasteiger partial charge is 0.329 e.